The van der Waals surface area contributed by atoms with Gasteiger partial charge in [-0.25, -0.2) is 0 Å². The minimum atomic E-state index is 0.548. The molecule has 0 N–H and O–H groups in total. The van der Waals surface area contributed by atoms with Crippen LogP contribution in [0, 0.1) is 5.92 Å². The minimum Gasteiger partial charge on any atom is -0.360 e. The van der Waals surface area contributed by atoms with Gasteiger partial charge in [-0.1, -0.05) is 33.1 Å². The van der Waals surface area contributed by atoms with Crippen LogP contribution in [-0.4, -0.2) is 30.9 Å². The molecular weight excluding hydrogens is 172 g/mol. The molecule has 1 aliphatic carbocycles. The van der Waals surface area contributed by atoms with Crippen LogP contribution in [0.4, 0.5) is 0 Å². The van der Waals surface area contributed by atoms with Crippen molar-refractivity contribution in [2.24, 2.45) is 10.9 Å². The van der Waals surface area contributed by atoms with Crippen LogP contribution in [0.15, 0.2) is 4.99 Å². The molecule has 0 aromatic carbocycles. The summed E-state index contributed by atoms with van der Waals surface area (Å²) in [5.74, 6) is 1.81. The molecule has 0 aromatic rings. The lowest BCUT2D eigenvalue weighted by Crippen LogP contribution is -2.40. The third-order valence-electron chi connectivity index (χ3n) is 3.23. The van der Waals surface area contributed by atoms with Gasteiger partial charge in [0, 0.05) is 26.1 Å². The Morgan fingerprint density at radius 1 is 1.21 bits per heavy atom. The van der Waals surface area contributed by atoms with Crippen LogP contribution < -0.4 is 0 Å². The van der Waals surface area contributed by atoms with E-state index in [0.29, 0.717) is 5.92 Å². The van der Waals surface area contributed by atoms with Gasteiger partial charge in [0.25, 0.3) is 0 Å². The van der Waals surface area contributed by atoms with E-state index in [9.17, 15) is 0 Å². The molecule has 82 valence electrons. The summed E-state index contributed by atoms with van der Waals surface area (Å²) in [6, 6.07) is 0.741. The molecule has 0 amide bonds. The Morgan fingerprint density at radius 3 is 2.21 bits per heavy atom. The lowest BCUT2D eigenvalue weighted by Gasteiger charge is -2.35. The molecule has 0 bridgehead atoms. The Balaban J connectivity index is 2.57. The van der Waals surface area contributed by atoms with E-state index in [1.165, 1.54) is 37.9 Å². The van der Waals surface area contributed by atoms with Crippen molar-refractivity contribution >= 4 is 5.84 Å². The fourth-order valence-electron chi connectivity index (χ4n) is 2.48. The van der Waals surface area contributed by atoms with Crippen LogP contribution in [0.2, 0.25) is 0 Å². The number of hydrogen-bond donors (Lipinski definition) is 0. The highest BCUT2D eigenvalue weighted by Crippen LogP contribution is 2.22. The second kappa shape index (κ2) is 5.38. The highest BCUT2D eigenvalue weighted by atomic mass is 15.2. The van der Waals surface area contributed by atoms with Gasteiger partial charge in [-0.2, -0.15) is 0 Å². The summed E-state index contributed by atoms with van der Waals surface area (Å²) < 4.78 is 0. The average molecular weight is 196 g/mol. The molecule has 0 heterocycles. The maximum absolute atomic E-state index is 4.41. The summed E-state index contributed by atoms with van der Waals surface area (Å²) in [6.07, 6.45) is 6.91. The molecule has 0 saturated heterocycles. The van der Waals surface area contributed by atoms with E-state index in [2.05, 4.69) is 30.8 Å². The number of hydrogen-bond acceptors (Lipinski definition) is 1. The highest BCUT2D eigenvalue weighted by molar-refractivity contribution is 5.84. The van der Waals surface area contributed by atoms with Crippen molar-refractivity contribution in [1.29, 1.82) is 0 Å². The summed E-state index contributed by atoms with van der Waals surface area (Å²) in [7, 11) is 4.12. The van der Waals surface area contributed by atoms with Gasteiger partial charge in [-0.3, -0.25) is 4.99 Å². The van der Waals surface area contributed by atoms with Gasteiger partial charge in [-0.15, -0.1) is 0 Å². The van der Waals surface area contributed by atoms with Crippen molar-refractivity contribution in [2.75, 3.05) is 14.1 Å². The first kappa shape index (κ1) is 11.5. The lowest BCUT2D eigenvalue weighted by atomic mass is 9.94. The van der Waals surface area contributed by atoms with Crippen molar-refractivity contribution in [3.8, 4) is 0 Å². The van der Waals surface area contributed by atoms with Crippen LogP contribution in [-0.2, 0) is 0 Å². The van der Waals surface area contributed by atoms with Gasteiger partial charge in [0.15, 0.2) is 0 Å². The van der Waals surface area contributed by atoms with Crippen LogP contribution in [0.5, 0.6) is 0 Å². The van der Waals surface area contributed by atoms with E-state index in [1.807, 2.05) is 7.05 Å². The fraction of sp³-hybridized carbons (Fsp3) is 0.917. The first-order valence-electron chi connectivity index (χ1n) is 5.86. The monoisotopic (exact) mass is 196 g/mol. The number of amidine groups is 1. The molecule has 1 aliphatic rings. The summed E-state index contributed by atoms with van der Waals surface area (Å²) in [4.78, 5) is 6.81. The second-order valence-corrected chi connectivity index (χ2v) is 4.64. The Bertz CT molecular complexity index is 190. The lowest BCUT2D eigenvalue weighted by molar-refractivity contribution is 0.270. The van der Waals surface area contributed by atoms with E-state index >= 15 is 0 Å². The van der Waals surface area contributed by atoms with Gasteiger partial charge >= 0.3 is 0 Å². The molecule has 0 spiro atoms. The Kier molecular flexibility index (Phi) is 4.43. The molecule has 2 heteroatoms. The van der Waals surface area contributed by atoms with Crippen LogP contribution in [0.1, 0.15) is 46.0 Å². The normalized spacial score (nSPS) is 20.2. The van der Waals surface area contributed by atoms with E-state index in [0.717, 1.165) is 6.04 Å². The maximum Gasteiger partial charge on any atom is 0.101 e. The van der Waals surface area contributed by atoms with Gasteiger partial charge in [-0.05, 0) is 12.8 Å². The first-order valence-corrected chi connectivity index (χ1v) is 5.86. The molecule has 14 heavy (non-hydrogen) atoms. The SMILES string of the molecule is C/N=C(/C(C)C)N(C)C1CCCCC1. The minimum absolute atomic E-state index is 0.548. The summed E-state index contributed by atoms with van der Waals surface area (Å²) in [5, 5.41) is 0. The average Bonchev–Trinajstić information content (AvgIpc) is 2.19. The molecule has 0 atom stereocenters. The molecule has 2 nitrogen and oxygen atoms in total. The van der Waals surface area contributed by atoms with E-state index < -0.39 is 0 Å². The summed E-state index contributed by atoms with van der Waals surface area (Å²) >= 11 is 0. The van der Waals surface area contributed by atoms with Crippen molar-refractivity contribution < 1.29 is 0 Å². The van der Waals surface area contributed by atoms with Crippen molar-refractivity contribution in [1.82, 2.24) is 4.90 Å². The standard InChI is InChI=1S/C12H24N2/c1-10(2)12(13-3)14(4)11-8-6-5-7-9-11/h10-11H,5-9H2,1-4H3/b13-12-. The van der Waals surface area contributed by atoms with E-state index in [4.69, 9.17) is 0 Å². The number of aliphatic imine (C=N–C) groups is 1. The van der Waals surface area contributed by atoms with Gasteiger partial charge in [0.2, 0.25) is 0 Å². The quantitative estimate of drug-likeness (QED) is 0.490. The zero-order chi connectivity index (χ0) is 10.6. The van der Waals surface area contributed by atoms with Gasteiger partial charge < -0.3 is 4.90 Å². The largest absolute Gasteiger partial charge is 0.360 e. The Morgan fingerprint density at radius 2 is 1.79 bits per heavy atom. The van der Waals surface area contributed by atoms with Gasteiger partial charge in [0.05, 0.1) is 0 Å². The summed E-state index contributed by atoms with van der Waals surface area (Å²) in [5.41, 5.74) is 0. The number of nitrogens with zero attached hydrogens (tertiary/aromatic N) is 2. The van der Waals surface area contributed by atoms with Crippen LogP contribution >= 0.6 is 0 Å². The molecule has 1 fully saturated rings. The predicted molar refractivity (Wildman–Crippen MR) is 62.8 cm³/mol. The molecular formula is C12H24N2. The van der Waals surface area contributed by atoms with Crippen molar-refractivity contribution in [3.05, 3.63) is 0 Å². The third-order valence-corrected chi connectivity index (χ3v) is 3.23. The van der Waals surface area contributed by atoms with Crippen molar-refractivity contribution in [3.63, 3.8) is 0 Å². The van der Waals surface area contributed by atoms with Crippen LogP contribution in [0.25, 0.3) is 0 Å². The molecule has 0 aliphatic heterocycles. The molecule has 1 rings (SSSR count). The Hall–Kier alpha value is -0.530. The Labute approximate surface area is 88.4 Å². The third kappa shape index (κ3) is 2.73. The molecule has 0 radical (unpaired) electrons. The summed E-state index contributed by atoms with van der Waals surface area (Å²) in [6.45, 7) is 4.45. The fourth-order valence-corrected chi connectivity index (χ4v) is 2.48. The van der Waals surface area contributed by atoms with Crippen molar-refractivity contribution in [2.45, 2.75) is 52.0 Å². The maximum atomic E-state index is 4.41. The second-order valence-electron chi connectivity index (χ2n) is 4.64. The zero-order valence-electron chi connectivity index (χ0n) is 10.1. The van der Waals surface area contributed by atoms with E-state index in [-0.39, 0.29) is 0 Å². The topological polar surface area (TPSA) is 15.6 Å². The van der Waals surface area contributed by atoms with Gasteiger partial charge in [0.1, 0.15) is 5.84 Å². The predicted octanol–water partition coefficient (Wildman–Crippen LogP) is 2.94. The molecule has 1 saturated carbocycles. The first-order chi connectivity index (χ1) is 6.66. The molecule has 0 unspecified atom stereocenters. The van der Waals surface area contributed by atoms with Crippen LogP contribution in [0.3, 0.4) is 0 Å². The smallest absolute Gasteiger partial charge is 0.101 e. The zero-order valence-corrected chi connectivity index (χ0v) is 10.1. The molecule has 0 aromatic heterocycles. The highest BCUT2D eigenvalue weighted by Gasteiger charge is 2.21. The number of rotatable bonds is 2. The van der Waals surface area contributed by atoms with E-state index in [1.54, 1.807) is 0 Å².